The number of hydrogen-bond donors (Lipinski definition) is 2. The predicted molar refractivity (Wildman–Crippen MR) is 126 cm³/mol. The highest BCUT2D eigenvalue weighted by Crippen LogP contribution is 2.26. The van der Waals surface area contributed by atoms with Crippen molar-refractivity contribution in [1.82, 2.24) is 14.2 Å². The summed E-state index contributed by atoms with van der Waals surface area (Å²) in [4.78, 5) is 30.3. The summed E-state index contributed by atoms with van der Waals surface area (Å²) in [5.74, 6) is -1.38. The molecule has 2 N–H and O–H groups in total. The van der Waals surface area contributed by atoms with Crippen molar-refractivity contribution in [3.8, 4) is 0 Å². The van der Waals surface area contributed by atoms with E-state index in [2.05, 4.69) is 10.3 Å². The average Bonchev–Trinajstić information content (AvgIpc) is 3.17. The van der Waals surface area contributed by atoms with Gasteiger partial charge < -0.3 is 15.2 Å². The highest BCUT2D eigenvalue weighted by Gasteiger charge is 2.34. The molecule has 0 aliphatic carbocycles. The van der Waals surface area contributed by atoms with E-state index in [9.17, 15) is 22.4 Å². The van der Waals surface area contributed by atoms with Crippen LogP contribution in [0.5, 0.6) is 0 Å². The molecule has 0 saturated carbocycles. The lowest BCUT2D eigenvalue weighted by atomic mass is 9.98. The summed E-state index contributed by atoms with van der Waals surface area (Å²) in [5.41, 5.74) is 1.37. The van der Waals surface area contributed by atoms with Crippen LogP contribution >= 0.6 is 0 Å². The Bertz CT molecular complexity index is 1160. The van der Waals surface area contributed by atoms with Crippen molar-refractivity contribution in [2.24, 2.45) is 5.92 Å². The Morgan fingerprint density at radius 2 is 1.79 bits per heavy atom. The number of aromatic amines is 1. The fraction of sp³-hybridized carbons (Fsp3) is 0.500. The van der Waals surface area contributed by atoms with Crippen molar-refractivity contribution >= 4 is 27.5 Å². The molecular formula is C24H31FN4O4S. The first-order valence-corrected chi connectivity index (χ1v) is 13.2. The standard InChI is InChI=1S/C24H31FN4O4S/c1-17-13-19(25)8-9-21(17)27-23(30)18-7-6-12-29(16-18)34(32,33)20-14-22(26-15-20)24(31)28-10-4-2-3-5-11-28/h8-9,13-15,18,26H,2-7,10-12,16H2,1H3,(H,27,30)/t18-/m0/s1. The number of rotatable bonds is 5. The molecule has 34 heavy (non-hydrogen) atoms. The third kappa shape index (κ3) is 5.33. The maximum atomic E-state index is 13.3. The first-order chi connectivity index (χ1) is 16.3. The Kier molecular flexibility index (Phi) is 7.37. The van der Waals surface area contributed by atoms with E-state index in [0.29, 0.717) is 43.7 Å². The summed E-state index contributed by atoms with van der Waals surface area (Å²) in [5, 5.41) is 2.80. The number of aromatic nitrogens is 1. The number of nitrogens with one attached hydrogen (secondary N) is 2. The highest BCUT2D eigenvalue weighted by molar-refractivity contribution is 7.89. The number of anilines is 1. The minimum absolute atomic E-state index is 0.0288. The van der Waals surface area contributed by atoms with Crippen molar-refractivity contribution in [3.05, 3.63) is 47.5 Å². The molecule has 2 aromatic rings. The maximum absolute atomic E-state index is 13.3. The Morgan fingerprint density at radius 1 is 1.06 bits per heavy atom. The number of carbonyl (C=O) groups excluding carboxylic acids is 2. The van der Waals surface area contributed by atoms with Gasteiger partial charge in [-0.1, -0.05) is 12.8 Å². The molecule has 2 amide bonds. The largest absolute Gasteiger partial charge is 0.356 e. The number of nitrogens with zero attached hydrogens (tertiary/aromatic N) is 2. The number of likely N-dealkylation sites (tertiary alicyclic amines) is 1. The number of aryl methyl sites for hydroxylation is 1. The summed E-state index contributed by atoms with van der Waals surface area (Å²) in [6.07, 6.45) is 6.55. The molecule has 1 aromatic heterocycles. The summed E-state index contributed by atoms with van der Waals surface area (Å²) < 4.78 is 41.2. The molecular weight excluding hydrogens is 459 g/mol. The van der Waals surface area contributed by atoms with E-state index in [1.54, 1.807) is 11.8 Å². The van der Waals surface area contributed by atoms with E-state index in [-0.39, 0.29) is 34.8 Å². The van der Waals surface area contributed by atoms with E-state index in [1.165, 1.54) is 34.8 Å². The maximum Gasteiger partial charge on any atom is 0.270 e. The van der Waals surface area contributed by atoms with Crippen LogP contribution in [-0.2, 0) is 14.8 Å². The molecule has 0 bridgehead atoms. The number of amides is 2. The zero-order valence-corrected chi connectivity index (χ0v) is 20.2. The summed E-state index contributed by atoms with van der Waals surface area (Å²) in [6.45, 7) is 3.41. The van der Waals surface area contributed by atoms with Crippen LogP contribution in [0.3, 0.4) is 0 Å². The van der Waals surface area contributed by atoms with Gasteiger partial charge in [0.15, 0.2) is 0 Å². The van der Waals surface area contributed by atoms with Crippen LogP contribution in [0.4, 0.5) is 10.1 Å². The van der Waals surface area contributed by atoms with Gasteiger partial charge in [-0.15, -0.1) is 0 Å². The fourth-order valence-corrected chi connectivity index (χ4v) is 6.14. The molecule has 0 spiro atoms. The van der Waals surface area contributed by atoms with Crippen LogP contribution in [-0.4, -0.2) is 60.6 Å². The van der Waals surface area contributed by atoms with Gasteiger partial charge in [0.2, 0.25) is 15.9 Å². The van der Waals surface area contributed by atoms with Gasteiger partial charge in [-0.05, 0) is 62.4 Å². The number of halogens is 1. The third-order valence-corrected chi connectivity index (χ3v) is 8.46. The molecule has 2 aliphatic heterocycles. The van der Waals surface area contributed by atoms with Crippen LogP contribution in [0, 0.1) is 18.7 Å². The topological polar surface area (TPSA) is 103 Å². The molecule has 1 atom stereocenters. The minimum atomic E-state index is -3.86. The summed E-state index contributed by atoms with van der Waals surface area (Å²) in [7, 11) is -3.86. The number of hydrogen-bond acceptors (Lipinski definition) is 4. The molecule has 2 aliphatic rings. The Hall–Kier alpha value is -2.72. The summed E-state index contributed by atoms with van der Waals surface area (Å²) in [6, 6.07) is 5.51. The van der Waals surface area contributed by atoms with Gasteiger partial charge in [-0.2, -0.15) is 4.31 Å². The minimum Gasteiger partial charge on any atom is -0.356 e. The van der Waals surface area contributed by atoms with E-state index in [4.69, 9.17) is 0 Å². The lowest BCUT2D eigenvalue weighted by molar-refractivity contribution is -0.120. The predicted octanol–water partition coefficient (Wildman–Crippen LogP) is 3.52. The van der Waals surface area contributed by atoms with Crippen LogP contribution in [0.15, 0.2) is 35.4 Å². The van der Waals surface area contributed by atoms with Crippen LogP contribution in [0.25, 0.3) is 0 Å². The fourth-order valence-electron chi connectivity index (χ4n) is 4.62. The van der Waals surface area contributed by atoms with Gasteiger partial charge in [-0.25, -0.2) is 12.8 Å². The van der Waals surface area contributed by atoms with Gasteiger partial charge >= 0.3 is 0 Å². The summed E-state index contributed by atoms with van der Waals surface area (Å²) >= 11 is 0. The Labute approximate surface area is 199 Å². The van der Waals surface area contributed by atoms with Crippen molar-refractivity contribution in [1.29, 1.82) is 0 Å². The SMILES string of the molecule is Cc1cc(F)ccc1NC(=O)[C@H]1CCCN(S(=O)(=O)c2c[nH]c(C(=O)N3CCCCCC3)c2)C1. The van der Waals surface area contributed by atoms with Crippen LogP contribution in [0.1, 0.15) is 54.6 Å². The molecule has 4 rings (SSSR count). The second-order valence-corrected chi connectivity index (χ2v) is 11.0. The second kappa shape index (κ2) is 10.3. The molecule has 1 aromatic carbocycles. The molecule has 2 fully saturated rings. The number of benzene rings is 1. The number of carbonyl (C=O) groups is 2. The normalized spacial score (nSPS) is 20.1. The van der Waals surface area contributed by atoms with E-state index < -0.39 is 15.9 Å². The first-order valence-electron chi connectivity index (χ1n) is 11.8. The quantitative estimate of drug-likeness (QED) is 0.669. The van der Waals surface area contributed by atoms with Crippen LogP contribution < -0.4 is 5.32 Å². The Balaban J connectivity index is 1.44. The molecule has 10 heteroatoms. The van der Waals surface area contributed by atoms with Gasteiger partial charge in [0, 0.05) is 38.1 Å². The lowest BCUT2D eigenvalue weighted by Gasteiger charge is -2.31. The smallest absolute Gasteiger partial charge is 0.270 e. The molecule has 184 valence electrons. The van der Waals surface area contributed by atoms with Gasteiger partial charge in [0.25, 0.3) is 5.91 Å². The van der Waals surface area contributed by atoms with Crippen molar-refractivity contribution in [2.75, 3.05) is 31.5 Å². The highest BCUT2D eigenvalue weighted by atomic mass is 32.2. The third-order valence-electron chi connectivity index (χ3n) is 6.62. The van der Waals surface area contributed by atoms with E-state index in [1.807, 2.05) is 0 Å². The Morgan fingerprint density at radius 3 is 2.50 bits per heavy atom. The van der Waals surface area contributed by atoms with Gasteiger partial charge in [-0.3, -0.25) is 9.59 Å². The zero-order chi connectivity index (χ0) is 24.3. The lowest BCUT2D eigenvalue weighted by Crippen LogP contribution is -2.43. The van der Waals surface area contributed by atoms with Gasteiger partial charge in [0.1, 0.15) is 16.4 Å². The van der Waals surface area contributed by atoms with E-state index in [0.717, 1.165) is 25.7 Å². The van der Waals surface area contributed by atoms with Crippen molar-refractivity contribution in [2.45, 2.75) is 50.3 Å². The molecule has 8 nitrogen and oxygen atoms in total. The van der Waals surface area contributed by atoms with Crippen LogP contribution in [0.2, 0.25) is 0 Å². The van der Waals surface area contributed by atoms with E-state index >= 15 is 0 Å². The molecule has 0 radical (unpaired) electrons. The monoisotopic (exact) mass is 490 g/mol. The van der Waals surface area contributed by atoms with Crippen molar-refractivity contribution in [3.63, 3.8) is 0 Å². The molecule has 3 heterocycles. The zero-order valence-electron chi connectivity index (χ0n) is 19.3. The van der Waals surface area contributed by atoms with Gasteiger partial charge in [0.05, 0.1) is 5.92 Å². The number of H-pyrrole nitrogens is 1. The van der Waals surface area contributed by atoms with Crippen molar-refractivity contribution < 1.29 is 22.4 Å². The first kappa shape index (κ1) is 24.4. The number of sulfonamides is 1. The molecule has 0 unspecified atom stereocenters. The average molecular weight is 491 g/mol. The number of piperidine rings is 1. The second-order valence-electron chi connectivity index (χ2n) is 9.11. The molecule has 2 saturated heterocycles.